The fourth-order valence-electron chi connectivity index (χ4n) is 7.50. The molecule has 1 N–H and O–H groups in total. The summed E-state index contributed by atoms with van der Waals surface area (Å²) in [4.78, 5) is 27.7. The third kappa shape index (κ3) is 5.92. The summed E-state index contributed by atoms with van der Waals surface area (Å²) in [7, 11) is -0.583. The van der Waals surface area contributed by atoms with E-state index in [9.17, 15) is 14.9 Å². The van der Waals surface area contributed by atoms with Gasteiger partial charge in [-0.25, -0.2) is 4.79 Å². The zero-order valence-corrected chi connectivity index (χ0v) is 25.3. The highest BCUT2D eigenvalue weighted by molar-refractivity contribution is 6.47. The molecule has 220 valence electrons. The van der Waals surface area contributed by atoms with Crippen molar-refractivity contribution in [2.24, 2.45) is 22.7 Å². The van der Waals surface area contributed by atoms with Crippen molar-refractivity contribution in [3.8, 4) is 6.07 Å². The van der Waals surface area contributed by atoms with E-state index in [2.05, 4.69) is 26.1 Å². The normalized spacial score (nSPS) is 33.4. The molecule has 2 saturated heterocycles. The molecule has 2 amide bonds. The molecule has 1 aromatic carbocycles. The van der Waals surface area contributed by atoms with Crippen molar-refractivity contribution >= 4 is 19.1 Å². The first-order valence-corrected chi connectivity index (χ1v) is 15.1. The number of allylic oxidation sites excluding steroid dienone is 1. The molecule has 1 aromatic rings. The molecule has 41 heavy (non-hydrogen) atoms. The summed E-state index contributed by atoms with van der Waals surface area (Å²) < 4.78 is 19.1. The lowest BCUT2D eigenvalue weighted by Crippen LogP contribution is -2.64. The van der Waals surface area contributed by atoms with Crippen molar-refractivity contribution in [1.82, 2.24) is 10.2 Å². The Morgan fingerprint density at radius 2 is 2.02 bits per heavy atom. The molecule has 6 rings (SSSR count). The number of nitriles is 1. The minimum atomic E-state index is -0.583. The van der Waals surface area contributed by atoms with Crippen LogP contribution < -0.4 is 5.32 Å². The van der Waals surface area contributed by atoms with Crippen LogP contribution in [0.3, 0.4) is 0 Å². The first-order valence-electron chi connectivity index (χ1n) is 15.1. The van der Waals surface area contributed by atoms with Crippen LogP contribution >= 0.6 is 0 Å². The zero-order valence-electron chi connectivity index (χ0n) is 25.3. The molecule has 2 aliphatic heterocycles. The molecule has 9 heteroatoms. The number of benzene rings is 1. The molecule has 2 unspecified atom stereocenters. The van der Waals surface area contributed by atoms with Gasteiger partial charge in [-0.3, -0.25) is 4.79 Å². The van der Waals surface area contributed by atoms with Crippen molar-refractivity contribution in [3.63, 3.8) is 0 Å². The van der Waals surface area contributed by atoms with Gasteiger partial charge in [0.1, 0.15) is 17.7 Å². The highest BCUT2D eigenvalue weighted by Crippen LogP contribution is 2.66. The van der Waals surface area contributed by atoms with Gasteiger partial charge >= 0.3 is 13.2 Å². The average Bonchev–Trinajstić information content (AvgIpc) is 3.54. The van der Waals surface area contributed by atoms with Crippen LogP contribution in [-0.4, -0.2) is 60.9 Å². The maximum absolute atomic E-state index is 13.2. The van der Waals surface area contributed by atoms with Gasteiger partial charge in [0.2, 0.25) is 0 Å². The Labute approximate surface area is 244 Å². The van der Waals surface area contributed by atoms with Crippen LogP contribution in [-0.2, 0) is 25.3 Å². The van der Waals surface area contributed by atoms with Gasteiger partial charge in [0, 0.05) is 13.0 Å². The van der Waals surface area contributed by atoms with E-state index in [0.717, 1.165) is 18.4 Å². The summed E-state index contributed by atoms with van der Waals surface area (Å²) in [6.45, 7) is 13.3. The largest absolute Gasteiger partial charge is 0.482 e. The summed E-state index contributed by atoms with van der Waals surface area (Å²) in [5, 5.41) is 12.6. The summed E-state index contributed by atoms with van der Waals surface area (Å²) in [6.07, 6.45) is 5.03. The molecule has 5 fully saturated rings. The number of likely N-dealkylation sites (tertiary alicyclic amines) is 1. The number of hydrogen-bond acceptors (Lipinski definition) is 6. The van der Waals surface area contributed by atoms with Crippen LogP contribution in [0.2, 0.25) is 0 Å². The number of rotatable bonds is 7. The molecule has 0 radical (unpaired) electrons. The Hall–Kier alpha value is -2.83. The molecular weight excluding hydrogens is 517 g/mol. The molecule has 3 saturated carbocycles. The van der Waals surface area contributed by atoms with Crippen molar-refractivity contribution in [1.29, 1.82) is 5.26 Å². The fraction of sp³-hybridized carbons (Fsp3) is 0.656. The van der Waals surface area contributed by atoms with E-state index < -0.39 is 25.3 Å². The second kappa shape index (κ2) is 11.1. The van der Waals surface area contributed by atoms with Crippen LogP contribution in [0.5, 0.6) is 0 Å². The van der Waals surface area contributed by atoms with Crippen molar-refractivity contribution in [2.75, 3.05) is 13.1 Å². The third-order valence-corrected chi connectivity index (χ3v) is 9.93. The highest BCUT2D eigenvalue weighted by atomic mass is 16.7. The zero-order chi connectivity index (χ0) is 29.6. The Morgan fingerprint density at radius 3 is 2.68 bits per heavy atom. The molecule has 2 heterocycles. The number of alkyl carbamates (subject to hydrolysis) is 1. The van der Waals surface area contributed by atoms with Crippen LogP contribution in [0.1, 0.15) is 72.8 Å². The van der Waals surface area contributed by atoms with Crippen molar-refractivity contribution < 1.29 is 23.6 Å². The van der Waals surface area contributed by atoms with E-state index in [4.69, 9.17) is 14.0 Å². The minimum Gasteiger partial charge on any atom is -0.444 e. The van der Waals surface area contributed by atoms with Gasteiger partial charge in [0.15, 0.2) is 0 Å². The number of carbonyl (C=O) groups is 2. The second-order valence-corrected chi connectivity index (χ2v) is 14.0. The molecule has 0 spiro atoms. The predicted molar refractivity (Wildman–Crippen MR) is 156 cm³/mol. The van der Waals surface area contributed by atoms with Crippen LogP contribution in [0.15, 0.2) is 42.0 Å². The SMILES string of the molecule is CCC1(C)[C@H]2C[C@@H]1C1OB([C@H](Cc3ccccc3)NC(=O)O[C@H]3CCN(C(=O)/C(C#N)=C/C(C)(C)C)C3)O[C@]1(C)C2. The fourth-order valence-corrected chi connectivity index (χ4v) is 7.50. The lowest BCUT2D eigenvalue weighted by Gasteiger charge is -2.64. The summed E-state index contributed by atoms with van der Waals surface area (Å²) in [5.74, 6) is 0.339. The lowest BCUT2D eigenvalue weighted by atomic mass is 9.43. The van der Waals surface area contributed by atoms with E-state index in [1.807, 2.05) is 57.2 Å². The number of carbonyl (C=O) groups excluding carboxylic acids is 2. The van der Waals surface area contributed by atoms with Gasteiger partial charge in [0.05, 0.1) is 24.2 Å². The Balaban J connectivity index is 1.24. The van der Waals surface area contributed by atoms with Gasteiger partial charge in [-0.05, 0) is 54.4 Å². The standard InChI is InChI=1S/C32H44BN3O5/c1-7-31(5)23-16-25(31)27-32(6,18-23)41-33(40-27)26(15-21-11-9-8-10-12-21)35-29(38)39-24-13-14-36(20-24)28(37)22(19-34)17-30(2,3)4/h8-12,17,23-27H,7,13-16,18,20H2,1-6H3,(H,35,38)/b22-17+/t23-,24-,25+,26-,27?,31?,32+/m0/s1. The van der Waals surface area contributed by atoms with E-state index in [1.165, 1.54) is 6.42 Å². The Morgan fingerprint density at radius 1 is 1.29 bits per heavy atom. The molecule has 8 nitrogen and oxygen atoms in total. The van der Waals surface area contributed by atoms with Crippen LogP contribution in [0.4, 0.5) is 4.79 Å². The quantitative estimate of drug-likeness (QED) is 0.283. The maximum atomic E-state index is 13.2. The molecule has 7 atom stereocenters. The predicted octanol–water partition coefficient (Wildman–Crippen LogP) is 5.08. The number of nitrogens with one attached hydrogen (secondary N) is 1. The molecule has 0 aromatic heterocycles. The van der Waals surface area contributed by atoms with Gasteiger partial charge in [-0.2, -0.15) is 5.26 Å². The average molecular weight is 562 g/mol. The van der Waals surface area contributed by atoms with E-state index in [1.54, 1.807) is 11.0 Å². The Kier molecular flexibility index (Phi) is 8.04. The first-order chi connectivity index (χ1) is 19.3. The number of ether oxygens (including phenoxy) is 1. The van der Waals surface area contributed by atoms with E-state index in [0.29, 0.717) is 31.2 Å². The molecule has 3 aliphatic carbocycles. The van der Waals surface area contributed by atoms with Gasteiger partial charge in [-0.1, -0.05) is 77.4 Å². The second-order valence-electron chi connectivity index (χ2n) is 14.0. The smallest absolute Gasteiger partial charge is 0.444 e. The van der Waals surface area contributed by atoms with Gasteiger partial charge in [0.25, 0.3) is 5.91 Å². The summed E-state index contributed by atoms with van der Waals surface area (Å²) >= 11 is 0. The number of hydrogen-bond donors (Lipinski definition) is 1. The first kappa shape index (κ1) is 29.7. The number of nitrogens with zero attached hydrogens (tertiary/aromatic N) is 2. The van der Waals surface area contributed by atoms with Gasteiger partial charge < -0.3 is 24.3 Å². The van der Waals surface area contributed by atoms with Gasteiger partial charge in [-0.15, -0.1) is 0 Å². The topological polar surface area (TPSA) is 101 Å². The van der Waals surface area contributed by atoms with E-state index in [-0.39, 0.29) is 40.6 Å². The minimum absolute atomic E-state index is 0.00318. The third-order valence-electron chi connectivity index (χ3n) is 9.93. The monoisotopic (exact) mass is 561 g/mol. The lowest BCUT2D eigenvalue weighted by molar-refractivity contribution is -0.194. The molecular formula is C32H44BN3O5. The molecule has 2 bridgehead atoms. The van der Waals surface area contributed by atoms with Crippen LogP contribution in [0.25, 0.3) is 0 Å². The summed E-state index contributed by atoms with van der Waals surface area (Å²) in [6, 6.07) is 12.0. The molecule has 5 aliphatic rings. The maximum Gasteiger partial charge on any atom is 0.482 e. The number of amides is 2. The van der Waals surface area contributed by atoms with Crippen molar-refractivity contribution in [2.45, 2.75) is 97.4 Å². The van der Waals surface area contributed by atoms with E-state index >= 15 is 0 Å². The highest BCUT2D eigenvalue weighted by Gasteiger charge is 2.68. The Bertz CT molecular complexity index is 1230. The summed E-state index contributed by atoms with van der Waals surface area (Å²) in [5.41, 5.74) is 0.813. The van der Waals surface area contributed by atoms with Crippen molar-refractivity contribution in [3.05, 3.63) is 47.5 Å². The van der Waals surface area contributed by atoms with Crippen LogP contribution in [0, 0.1) is 34.0 Å².